The maximum Gasteiger partial charge on any atom is 0.193 e. The smallest absolute Gasteiger partial charge is 0.193 e. The average molecular weight is 255 g/mol. The molecule has 2 heterocycles. The molecule has 0 amide bonds. The van der Waals surface area contributed by atoms with Gasteiger partial charge in [-0.05, 0) is 24.5 Å². The molecule has 0 saturated heterocycles. The second-order valence-corrected chi connectivity index (χ2v) is 5.82. The third kappa shape index (κ3) is 3.23. The van der Waals surface area contributed by atoms with Gasteiger partial charge in [0.2, 0.25) is 0 Å². The molecule has 88 valence electrons. The molecule has 5 heteroatoms. The fraction of sp³-hybridized carbons (Fsp3) is 0.545. The lowest BCUT2D eigenvalue weighted by Crippen LogP contribution is -2.15. The molecule has 0 unspecified atom stereocenters. The Morgan fingerprint density at radius 3 is 3.31 bits per heavy atom. The van der Waals surface area contributed by atoms with Crippen LogP contribution < -0.4 is 5.32 Å². The normalized spacial score (nSPS) is 11.3. The zero-order chi connectivity index (χ0) is 11.2. The van der Waals surface area contributed by atoms with E-state index >= 15 is 0 Å². The van der Waals surface area contributed by atoms with Crippen molar-refractivity contribution in [1.29, 1.82) is 0 Å². The van der Waals surface area contributed by atoms with Crippen molar-refractivity contribution in [3.05, 3.63) is 23.5 Å². The minimum Gasteiger partial charge on any atom is -0.311 e. The van der Waals surface area contributed by atoms with Crippen molar-refractivity contribution in [2.75, 3.05) is 18.1 Å². The van der Waals surface area contributed by atoms with E-state index in [9.17, 15) is 0 Å². The number of thioether (sulfide) groups is 1. The number of fused-ring (bicyclic) bond motifs is 1. The molecule has 2 aromatic heterocycles. The van der Waals surface area contributed by atoms with Gasteiger partial charge in [-0.3, -0.25) is 4.40 Å². The number of hydrogen-bond donors (Lipinski definition) is 1. The number of thiazole rings is 1. The standard InChI is InChI=1S/C11H17N3S2/c1-2-15-6-3-4-12-8-10-9-14-5-7-16-11(14)13-10/h5,7,9,12H,2-4,6,8H2,1H3. The number of nitrogens with one attached hydrogen (secondary N) is 1. The molecule has 2 rings (SSSR count). The number of rotatable bonds is 7. The van der Waals surface area contributed by atoms with Crippen LogP contribution >= 0.6 is 23.1 Å². The highest BCUT2D eigenvalue weighted by Gasteiger charge is 2.01. The predicted octanol–water partition coefficient (Wildman–Crippen LogP) is 2.63. The lowest BCUT2D eigenvalue weighted by atomic mass is 10.4. The second-order valence-electron chi connectivity index (χ2n) is 3.55. The zero-order valence-electron chi connectivity index (χ0n) is 9.48. The number of aromatic nitrogens is 2. The molecule has 1 N–H and O–H groups in total. The van der Waals surface area contributed by atoms with Crippen molar-refractivity contribution in [3.8, 4) is 0 Å². The predicted molar refractivity (Wildman–Crippen MR) is 72.4 cm³/mol. The Hall–Kier alpha value is -0.520. The molecule has 0 bridgehead atoms. The summed E-state index contributed by atoms with van der Waals surface area (Å²) in [5, 5.41) is 5.48. The van der Waals surface area contributed by atoms with Crippen molar-refractivity contribution in [1.82, 2.24) is 14.7 Å². The molecule has 0 aliphatic carbocycles. The van der Waals surface area contributed by atoms with Crippen LogP contribution in [0.15, 0.2) is 17.8 Å². The van der Waals surface area contributed by atoms with Gasteiger partial charge in [-0.15, -0.1) is 11.3 Å². The van der Waals surface area contributed by atoms with Crippen LogP contribution in [-0.4, -0.2) is 27.4 Å². The van der Waals surface area contributed by atoms with Crippen LogP contribution in [0.3, 0.4) is 0 Å². The van der Waals surface area contributed by atoms with E-state index in [1.165, 1.54) is 17.9 Å². The van der Waals surface area contributed by atoms with Gasteiger partial charge < -0.3 is 5.32 Å². The minimum absolute atomic E-state index is 0.880. The van der Waals surface area contributed by atoms with Crippen LogP contribution in [0.1, 0.15) is 19.0 Å². The highest BCUT2D eigenvalue weighted by molar-refractivity contribution is 7.99. The summed E-state index contributed by atoms with van der Waals surface area (Å²) >= 11 is 3.68. The summed E-state index contributed by atoms with van der Waals surface area (Å²) in [5.74, 6) is 2.47. The summed E-state index contributed by atoms with van der Waals surface area (Å²) in [6, 6.07) is 0. The topological polar surface area (TPSA) is 29.3 Å². The highest BCUT2D eigenvalue weighted by atomic mass is 32.2. The number of nitrogens with zero attached hydrogens (tertiary/aromatic N) is 2. The van der Waals surface area contributed by atoms with Crippen LogP contribution in [0, 0.1) is 0 Å². The monoisotopic (exact) mass is 255 g/mol. The summed E-state index contributed by atoms with van der Waals surface area (Å²) in [6.45, 7) is 4.17. The van der Waals surface area contributed by atoms with Crippen LogP contribution in [0.2, 0.25) is 0 Å². The minimum atomic E-state index is 0.880. The largest absolute Gasteiger partial charge is 0.311 e. The summed E-state index contributed by atoms with van der Waals surface area (Å²) in [6.07, 6.45) is 5.38. The van der Waals surface area contributed by atoms with Crippen molar-refractivity contribution < 1.29 is 0 Å². The molecule has 0 fully saturated rings. The van der Waals surface area contributed by atoms with Gasteiger partial charge in [-0.25, -0.2) is 4.98 Å². The lowest BCUT2D eigenvalue weighted by molar-refractivity contribution is 0.670. The first-order valence-corrected chi connectivity index (χ1v) is 7.63. The van der Waals surface area contributed by atoms with E-state index in [0.29, 0.717) is 0 Å². The van der Waals surface area contributed by atoms with E-state index in [-0.39, 0.29) is 0 Å². The SMILES string of the molecule is CCSCCCNCc1cn2ccsc2n1. The number of imidazole rings is 1. The van der Waals surface area contributed by atoms with Gasteiger partial charge in [-0.1, -0.05) is 6.92 Å². The van der Waals surface area contributed by atoms with Gasteiger partial charge in [0.15, 0.2) is 4.96 Å². The Balaban J connectivity index is 1.68. The molecule has 0 atom stereocenters. The van der Waals surface area contributed by atoms with E-state index in [2.05, 4.69) is 33.2 Å². The van der Waals surface area contributed by atoms with E-state index in [1.807, 2.05) is 18.0 Å². The van der Waals surface area contributed by atoms with E-state index in [0.717, 1.165) is 23.7 Å². The molecule has 0 aliphatic heterocycles. The van der Waals surface area contributed by atoms with Crippen molar-refractivity contribution in [3.63, 3.8) is 0 Å². The van der Waals surface area contributed by atoms with E-state index in [1.54, 1.807) is 11.3 Å². The molecular weight excluding hydrogens is 238 g/mol. The van der Waals surface area contributed by atoms with Crippen LogP contribution in [-0.2, 0) is 6.54 Å². The highest BCUT2D eigenvalue weighted by Crippen LogP contribution is 2.10. The molecule has 0 radical (unpaired) electrons. The van der Waals surface area contributed by atoms with Crippen molar-refractivity contribution >= 4 is 28.1 Å². The fourth-order valence-electron chi connectivity index (χ4n) is 1.52. The summed E-state index contributed by atoms with van der Waals surface area (Å²) < 4.78 is 2.08. The molecule has 0 spiro atoms. The van der Waals surface area contributed by atoms with Crippen molar-refractivity contribution in [2.24, 2.45) is 0 Å². The first kappa shape index (κ1) is 12.0. The van der Waals surface area contributed by atoms with Crippen molar-refractivity contribution in [2.45, 2.75) is 19.9 Å². The van der Waals surface area contributed by atoms with E-state index in [4.69, 9.17) is 0 Å². The van der Waals surface area contributed by atoms with Gasteiger partial charge >= 0.3 is 0 Å². The Bertz CT molecular complexity index is 393. The van der Waals surface area contributed by atoms with Crippen LogP contribution in [0.4, 0.5) is 0 Å². The first-order chi connectivity index (χ1) is 7.90. The summed E-state index contributed by atoms with van der Waals surface area (Å²) in [7, 11) is 0. The molecule has 0 saturated carbocycles. The maximum absolute atomic E-state index is 4.52. The Labute approximate surface area is 104 Å². The second kappa shape index (κ2) is 6.27. The van der Waals surface area contributed by atoms with Gasteiger partial charge in [0.05, 0.1) is 5.69 Å². The lowest BCUT2D eigenvalue weighted by Gasteiger charge is -2.01. The fourth-order valence-corrected chi connectivity index (χ4v) is 2.88. The molecule has 16 heavy (non-hydrogen) atoms. The van der Waals surface area contributed by atoms with Crippen LogP contribution in [0.5, 0.6) is 0 Å². The average Bonchev–Trinajstić information content (AvgIpc) is 2.83. The Kier molecular flexibility index (Phi) is 4.69. The maximum atomic E-state index is 4.52. The molecule has 3 nitrogen and oxygen atoms in total. The molecular formula is C11H17N3S2. The van der Waals surface area contributed by atoms with Gasteiger partial charge in [0.1, 0.15) is 0 Å². The van der Waals surface area contributed by atoms with Gasteiger partial charge in [-0.2, -0.15) is 11.8 Å². The van der Waals surface area contributed by atoms with E-state index < -0.39 is 0 Å². The number of hydrogen-bond acceptors (Lipinski definition) is 4. The molecule has 2 aromatic rings. The Morgan fingerprint density at radius 2 is 2.50 bits per heavy atom. The van der Waals surface area contributed by atoms with Crippen LogP contribution in [0.25, 0.3) is 4.96 Å². The van der Waals surface area contributed by atoms with Gasteiger partial charge in [0, 0.05) is 24.3 Å². The van der Waals surface area contributed by atoms with Gasteiger partial charge in [0.25, 0.3) is 0 Å². The summed E-state index contributed by atoms with van der Waals surface area (Å²) in [4.78, 5) is 5.60. The summed E-state index contributed by atoms with van der Waals surface area (Å²) in [5.41, 5.74) is 1.13. The Morgan fingerprint density at radius 1 is 1.56 bits per heavy atom. The molecule has 0 aliphatic rings. The zero-order valence-corrected chi connectivity index (χ0v) is 11.1. The third-order valence-electron chi connectivity index (χ3n) is 2.30. The first-order valence-electron chi connectivity index (χ1n) is 5.59. The third-order valence-corrected chi connectivity index (χ3v) is 4.05. The quantitative estimate of drug-likeness (QED) is 0.771. The molecule has 0 aromatic carbocycles.